The second kappa shape index (κ2) is 8.21. The second-order valence-electron chi connectivity index (χ2n) is 8.54. The maximum Gasteiger partial charge on any atom is 0.166 e. The number of anilines is 1. The number of aromatic nitrogens is 3. The number of nitrogens with zero attached hydrogens (tertiary/aromatic N) is 3. The van der Waals surface area contributed by atoms with E-state index in [1.165, 1.54) is 25.0 Å². The van der Waals surface area contributed by atoms with E-state index in [0.717, 1.165) is 30.5 Å². The molecule has 1 spiro atoms. The van der Waals surface area contributed by atoms with Crippen LogP contribution in [0, 0.1) is 5.82 Å². The summed E-state index contributed by atoms with van der Waals surface area (Å²) in [6, 6.07) is 4.45. The third-order valence-electron chi connectivity index (χ3n) is 6.18. The Morgan fingerprint density at radius 1 is 1.28 bits per heavy atom. The highest BCUT2D eigenvalue weighted by atomic mass is 35.5. The van der Waals surface area contributed by atoms with Crippen molar-refractivity contribution in [2.75, 3.05) is 5.73 Å². The fourth-order valence-corrected chi connectivity index (χ4v) is 4.90. The summed E-state index contributed by atoms with van der Waals surface area (Å²) in [6.07, 6.45) is 9.55. The minimum atomic E-state index is -0.637. The Morgan fingerprint density at radius 2 is 2.09 bits per heavy atom. The van der Waals surface area contributed by atoms with E-state index in [2.05, 4.69) is 10.1 Å². The summed E-state index contributed by atoms with van der Waals surface area (Å²) in [5.74, 6) is 0.00676. The van der Waals surface area contributed by atoms with Crippen LogP contribution in [-0.2, 0) is 11.3 Å². The van der Waals surface area contributed by atoms with E-state index >= 15 is 0 Å². The van der Waals surface area contributed by atoms with Crippen LogP contribution in [0.1, 0.15) is 44.3 Å². The largest absolute Gasteiger partial charge is 0.482 e. The third kappa shape index (κ3) is 4.17. The van der Waals surface area contributed by atoms with Crippen LogP contribution in [0.2, 0.25) is 10.0 Å². The van der Waals surface area contributed by atoms with Crippen molar-refractivity contribution in [1.29, 1.82) is 0 Å². The van der Waals surface area contributed by atoms with Crippen molar-refractivity contribution in [3.05, 3.63) is 58.2 Å². The zero-order chi connectivity index (χ0) is 22.5. The zero-order valence-electron chi connectivity index (χ0n) is 17.5. The Bertz CT molecular complexity index is 1160. The van der Waals surface area contributed by atoms with Crippen LogP contribution in [0.3, 0.4) is 0 Å². The number of hydrogen-bond acceptors (Lipinski definition) is 5. The van der Waals surface area contributed by atoms with Gasteiger partial charge in [-0.1, -0.05) is 23.2 Å². The molecule has 2 N–H and O–H groups in total. The van der Waals surface area contributed by atoms with Crippen LogP contribution in [-0.4, -0.2) is 26.5 Å². The lowest BCUT2D eigenvalue weighted by Gasteiger charge is -2.19. The third-order valence-corrected chi connectivity index (χ3v) is 6.89. The first-order chi connectivity index (χ1) is 15.3. The van der Waals surface area contributed by atoms with Gasteiger partial charge < -0.3 is 15.2 Å². The van der Waals surface area contributed by atoms with Gasteiger partial charge in [0.1, 0.15) is 11.9 Å². The molecule has 32 heavy (non-hydrogen) atoms. The quantitative estimate of drug-likeness (QED) is 0.453. The van der Waals surface area contributed by atoms with Gasteiger partial charge in [0.25, 0.3) is 0 Å². The molecule has 3 heterocycles. The average molecular weight is 477 g/mol. The molecule has 0 amide bonds. The number of nitrogen functional groups attached to an aromatic ring is 1. The summed E-state index contributed by atoms with van der Waals surface area (Å²) in [7, 11) is 0. The molecule has 1 saturated carbocycles. The van der Waals surface area contributed by atoms with Crippen molar-refractivity contribution in [2.24, 2.45) is 0 Å². The lowest BCUT2D eigenvalue weighted by Crippen LogP contribution is -2.18. The molecule has 6 nitrogen and oxygen atoms in total. The predicted octanol–water partition coefficient (Wildman–Crippen LogP) is 5.82. The van der Waals surface area contributed by atoms with Crippen molar-refractivity contribution in [2.45, 2.75) is 57.0 Å². The Labute approximate surface area is 195 Å². The Morgan fingerprint density at radius 3 is 2.84 bits per heavy atom. The molecule has 3 aromatic rings. The summed E-state index contributed by atoms with van der Waals surface area (Å²) in [5.41, 5.74) is 8.24. The molecule has 2 aliphatic rings. The van der Waals surface area contributed by atoms with Crippen molar-refractivity contribution in [3.8, 4) is 16.9 Å². The number of pyridine rings is 1. The molecular weight excluding hydrogens is 454 g/mol. The lowest BCUT2D eigenvalue weighted by molar-refractivity contribution is 0.0178. The molecule has 0 radical (unpaired) electrons. The minimum absolute atomic E-state index is 0.0731. The number of ether oxygens (including phenoxy) is 2. The van der Waals surface area contributed by atoms with E-state index < -0.39 is 11.9 Å². The molecule has 0 unspecified atom stereocenters. The van der Waals surface area contributed by atoms with Gasteiger partial charge in [0.05, 0.1) is 29.5 Å². The molecule has 0 bridgehead atoms. The van der Waals surface area contributed by atoms with E-state index in [9.17, 15) is 4.39 Å². The standard InChI is InChI=1S/C23H23Cl2FN4O2/c1-13(20-17(24)2-3-18(26)21(20)25)31-19-8-14(9-28-22(19)27)15-10-29-30(11-15)12-16-4-5-23(32-16)6-7-23/h2-3,8-11,13,16H,4-7,12H2,1H3,(H2,27,28)/t13-,16-/m1/s1. The van der Waals surface area contributed by atoms with Gasteiger partial charge in [-0.05, 0) is 50.8 Å². The molecule has 5 rings (SSSR count). The van der Waals surface area contributed by atoms with E-state index in [1.807, 2.05) is 10.9 Å². The summed E-state index contributed by atoms with van der Waals surface area (Å²) in [4.78, 5) is 4.26. The van der Waals surface area contributed by atoms with E-state index in [0.29, 0.717) is 16.3 Å². The van der Waals surface area contributed by atoms with Crippen LogP contribution in [0.15, 0.2) is 36.8 Å². The monoisotopic (exact) mass is 476 g/mol. The highest BCUT2D eigenvalue weighted by molar-refractivity contribution is 6.36. The topological polar surface area (TPSA) is 75.2 Å². The second-order valence-corrected chi connectivity index (χ2v) is 9.32. The number of benzene rings is 1. The van der Waals surface area contributed by atoms with Gasteiger partial charge >= 0.3 is 0 Å². The number of rotatable bonds is 6. The van der Waals surface area contributed by atoms with Gasteiger partial charge in [0.2, 0.25) is 0 Å². The zero-order valence-corrected chi connectivity index (χ0v) is 19.0. The molecule has 2 fully saturated rings. The van der Waals surface area contributed by atoms with Gasteiger partial charge in [0.15, 0.2) is 11.6 Å². The summed E-state index contributed by atoms with van der Waals surface area (Å²) in [5, 5.41) is 4.72. The van der Waals surface area contributed by atoms with Crippen molar-refractivity contribution >= 4 is 29.0 Å². The highest BCUT2D eigenvalue weighted by Crippen LogP contribution is 2.49. The van der Waals surface area contributed by atoms with Gasteiger partial charge in [-0.3, -0.25) is 4.68 Å². The fraction of sp³-hybridized carbons (Fsp3) is 0.391. The van der Waals surface area contributed by atoms with Crippen LogP contribution >= 0.6 is 23.2 Å². The van der Waals surface area contributed by atoms with Gasteiger partial charge in [0, 0.05) is 34.1 Å². The molecular formula is C23H23Cl2FN4O2. The van der Waals surface area contributed by atoms with Crippen molar-refractivity contribution in [1.82, 2.24) is 14.8 Å². The van der Waals surface area contributed by atoms with Gasteiger partial charge in [-0.15, -0.1) is 0 Å². The molecule has 1 saturated heterocycles. The van der Waals surface area contributed by atoms with E-state index in [-0.39, 0.29) is 22.5 Å². The molecule has 1 aliphatic heterocycles. The maximum atomic E-state index is 13.9. The molecule has 168 valence electrons. The molecule has 2 aromatic heterocycles. The normalized spacial score (nSPS) is 19.9. The molecule has 1 aromatic carbocycles. The summed E-state index contributed by atoms with van der Waals surface area (Å²) >= 11 is 12.3. The SMILES string of the molecule is C[C@@H](Oc1cc(-c2cnn(C[C@H]3CCC4(CC4)O3)c2)cnc1N)c1c(Cl)ccc(F)c1Cl. The lowest BCUT2D eigenvalue weighted by atomic mass is 10.1. The number of nitrogens with two attached hydrogens (primary N) is 1. The van der Waals surface area contributed by atoms with Crippen LogP contribution in [0.5, 0.6) is 5.75 Å². The summed E-state index contributed by atoms with van der Waals surface area (Å²) in [6.45, 7) is 2.45. The maximum absolute atomic E-state index is 13.9. The average Bonchev–Trinajstić information content (AvgIpc) is 3.16. The molecule has 9 heteroatoms. The first-order valence-electron chi connectivity index (χ1n) is 10.6. The number of hydrogen-bond donors (Lipinski definition) is 1. The molecule has 1 aliphatic carbocycles. The first kappa shape index (κ1) is 21.5. The highest BCUT2D eigenvalue weighted by Gasteiger charge is 2.49. The number of halogens is 3. The first-order valence-corrected chi connectivity index (χ1v) is 11.4. The van der Waals surface area contributed by atoms with Gasteiger partial charge in [-0.2, -0.15) is 5.10 Å². The molecule has 2 atom stereocenters. The van der Waals surface area contributed by atoms with Crippen LogP contribution in [0.4, 0.5) is 10.2 Å². The Kier molecular flexibility index (Phi) is 5.51. The Hall–Kier alpha value is -2.35. The van der Waals surface area contributed by atoms with Crippen molar-refractivity contribution in [3.63, 3.8) is 0 Å². The van der Waals surface area contributed by atoms with Gasteiger partial charge in [-0.25, -0.2) is 9.37 Å². The van der Waals surface area contributed by atoms with Crippen LogP contribution < -0.4 is 10.5 Å². The predicted molar refractivity (Wildman–Crippen MR) is 121 cm³/mol. The Balaban J connectivity index is 1.33. The minimum Gasteiger partial charge on any atom is -0.482 e. The smallest absolute Gasteiger partial charge is 0.166 e. The van der Waals surface area contributed by atoms with Crippen LogP contribution in [0.25, 0.3) is 11.1 Å². The van der Waals surface area contributed by atoms with Crippen molar-refractivity contribution < 1.29 is 13.9 Å². The fourth-order valence-electron chi connectivity index (χ4n) is 4.22. The van der Waals surface area contributed by atoms with E-state index in [4.69, 9.17) is 38.4 Å². The van der Waals surface area contributed by atoms with E-state index in [1.54, 1.807) is 25.4 Å². The summed E-state index contributed by atoms with van der Waals surface area (Å²) < 4.78 is 28.0.